The second-order valence-electron chi connectivity index (χ2n) is 17.9. The molecule has 0 aromatic carbocycles. The lowest BCUT2D eigenvalue weighted by molar-refractivity contribution is 0.0687. The van der Waals surface area contributed by atoms with Crippen molar-refractivity contribution in [2.45, 2.75) is 151 Å². The molecule has 8 heteroatoms. The number of nitrogens with one attached hydrogen (secondary N) is 2. The van der Waals surface area contributed by atoms with Gasteiger partial charge in [-0.05, 0) is 116 Å². The van der Waals surface area contributed by atoms with E-state index in [-0.39, 0.29) is 60.7 Å². The molecule has 4 rings (SSSR count). The number of aliphatic hydroxyl groups is 2. The zero-order valence-corrected chi connectivity index (χ0v) is 32.3. The Hall–Kier alpha value is -2.26. The maximum Gasteiger partial charge on any atom is 0.146 e. The Kier molecular flexibility index (Phi) is 14.2. The van der Waals surface area contributed by atoms with Crippen molar-refractivity contribution in [3.05, 3.63) is 64.8 Å². The summed E-state index contributed by atoms with van der Waals surface area (Å²) in [6.45, 7) is 20.1. The van der Waals surface area contributed by atoms with Crippen LogP contribution in [0.4, 0.5) is 8.78 Å². The molecular weight excluding hydrogens is 630 g/mol. The summed E-state index contributed by atoms with van der Waals surface area (Å²) < 4.78 is 29.9. The zero-order valence-electron chi connectivity index (χ0n) is 32.3. The van der Waals surface area contributed by atoms with E-state index in [4.69, 9.17) is 4.98 Å². The molecule has 1 fully saturated rings. The van der Waals surface area contributed by atoms with E-state index < -0.39 is 6.10 Å². The highest BCUT2D eigenvalue weighted by atomic mass is 19.1. The van der Waals surface area contributed by atoms with Gasteiger partial charge < -0.3 is 20.8 Å². The van der Waals surface area contributed by atoms with Crippen LogP contribution in [-0.2, 0) is 13.1 Å². The fourth-order valence-electron chi connectivity index (χ4n) is 8.14. The highest BCUT2D eigenvalue weighted by molar-refractivity contribution is 5.63. The van der Waals surface area contributed by atoms with E-state index in [0.717, 1.165) is 43.5 Å². The van der Waals surface area contributed by atoms with Crippen LogP contribution in [0.1, 0.15) is 142 Å². The topological polar surface area (TPSA) is 90.3 Å². The second kappa shape index (κ2) is 17.5. The molecule has 2 aromatic heterocycles. The average Bonchev–Trinajstić information content (AvgIpc) is 3.06. The number of nitrogens with zero attached hydrogens (tertiary/aromatic N) is 2. The minimum atomic E-state index is -0.742. The van der Waals surface area contributed by atoms with Gasteiger partial charge >= 0.3 is 0 Å². The first-order valence-electron chi connectivity index (χ1n) is 19.2. The predicted molar refractivity (Wildman–Crippen MR) is 200 cm³/mol. The molecular formula is C42H66F2N4O2. The van der Waals surface area contributed by atoms with E-state index >= 15 is 0 Å². The van der Waals surface area contributed by atoms with Crippen LogP contribution in [0.15, 0.2) is 30.3 Å². The van der Waals surface area contributed by atoms with Crippen LogP contribution >= 0.6 is 0 Å². The number of aliphatic hydroxyl groups excluding tert-OH is 2. The Labute approximate surface area is 301 Å². The van der Waals surface area contributed by atoms with Crippen molar-refractivity contribution in [1.82, 2.24) is 20.6 Å². The first-order chi connectivity index (χ1) is 23.5. The highest BCUT2D eigenvalue weighted by Gasteiger charge is 2.32. The number of rotatable bonds is 14. The number of pyridine rings is 2. The number of allylic oxidation sites excluding steroid dienone is 2. The first-order valence-corrected chi connectivity index (χ1v) is 19.2. The molecule has 2 heterocycles. The summed E-state index contributed by atoms with van der Waals surface area (Å²) in [6.07, 6.45) is 9.42. The van der Waals surface area contributed by atoms with Gasteiger partial charge in [-0.3, -0.25) is 4.98 Å². The van der Waals surface area contributed by atoms with Crippen molar-refractivity contribution in [3.63, 3.8) is 0 Å². The molecule has 0 spiro atoms. The lowest BCUT2D eigenvalue weighted by Gasteiger charge is -2.37. The smallest absolute Gasteiger partial charge is 0.146 e. The molecule has 2 aliphatic rings. The van der Waals surface area contributed by atoms with Gasteiger partial charge in [0.05, 0.1) is 29.8 Å². The van der Waals surface area contributed by atoms with Crippen molar-refractivity contribution in [3.8, 4) is 0 Å². The van der Waals surface area contributed by atoms with Gasteiger partial charge in [0.15, 0.2) is 0 Å². The summed E-state index contributed by atoms with van der Waals surface area (Å²) in [6, 6.07) is 5.96. The van der Waals surface area contributed by atoms with E-state index in [1.54, 1.807) is 6.07 Å². The summed E-state index contributed by atoms with van der Waals surface area (Å²) in [4.78, 5) is 9.47. The Morgan fingerprint density at radius 3 is 1.96 bits per heavy atom. The molecule has 3 unspecified atom stereocenters. The lowest BCUT2D eigenvalue weighted by atomic mass is 9.69. The van der Waals surface area contributed by atoms with Crippen molar-refractivity contribution >= 4 is 5.57 Å². The summed E-state index contributed by atoms with van der Waals surface area (Å²) in [7, 11) is 0. The van der Waals surface area contributed by atoms with Crippen LogP contribution in [0.3, 0.4) is 0 Å². The Morgan fingerprint density at radius 1 is 0.800 bits per heavy atom. The van der Waals surface area contributed by atoms with Gasteiger partial charge in [0.25, 0.3) is 0 Å². The molecule has 0 aliphatic heterocycles. The predicted octanol–water partition coefficient (Wildman–Crippen LogP) is 8.96. The normalized spacial score (nSPS) is 23.0. The van der Waals surface area contributed by atoms with Gasteiger partial charge in [0.2, 0.25) is 0 Å². The van der Waals surface area contributed by atoms with E-state index in [1.807, 2.05) is 26.8 Å². The molecule has 0 saturated heterocycles. The molecule has 2 aliphatic carbocycles. The first kappa shape index (κ1) is 40.5. The molecule has 6 nitrogen and oxygen atoms in total. The molecule has 0 amide bonds. The van der Waals surface area contributed by atoms with E-state index in [0.29, 0.717) is 41.0 Å². The molecule has 1 saturated carbocycles. The number of hydrogen-bond donors (Lipinski definition) is 4. The average molecular weight is 697 g/mol. The van der Waals surface area contributed by atoms with Gasteiger partial charge in [0, 0.05) is 36.8 Å². The van der Waals surface area contributed by atoms with Crippen LogP contribution in [0.25, 0.3) is 5.57 Å². The van der Waals surface area contributed by atoms with Crippen LogP contribution in [0.5, 0.6) is 0 Å². The van der Waals surface area contributed by atoms with Crippen molar-refractivity contribution in [2.24, 2.45) is 34.5 Å². The standard InChI is InChI=1S/C42H66F2N4O2/c1-26(2)40(46-24-37-33(44)19-21-35(48-37)29-12-16-31(17-13-29)42(7,8)9)39(50)22-27(3)38(25-49)45-23-36-32(43)18-20-34(47-36)28-10-14-30(15-11-28)41(4,5)6/h10,18-21,26-27,29-31,38-40,45-46,49-50H,11-17,22-25H2,1-9H3/t27?,29?,30?,31?,38-,39?,40+/m0/s1. The van der Waals surface area contributed by atoms with Gasteiger partial charge in [-0.25, -0.2) is 13.8 Å². The van der Waals surface area contributed by atoms with E-state index in [2.05, 4.69) is 63.2 Å². The third-order valence-electron chi connectivity index (χ3n) is 11.9. The summed E-state index contributed by atoms with van der Waals surface area (Å²) >= 11 is 0. The third-order valence-corrected chi connectivity index (χ3v) is 11.9. The quantitative estimate of drug-likeness (QED) is 0.158. The van der Waals surface area contributed by atoms with Crippen molar-refractivity contribution in [1.29, 1.82) is 0 Å². The Morgan fingerprint density at radius 2 is 1.40 bits per heavy atom. The summed E-state index contributed by atoms with van der Waals surface area (Å²) in [5.74, 6) is 0.913. The van der Waals surface area contributed by atoms with Crippen LogP contribution < -0.4 is 10.6 Å². The van der Waals surface area contributed by atoms with Crippen LogP contribution in [0, 0.1) is 46.1 Å². The van der Waals surface area contributed by atoms with Crippen LogP contribution in [0.2, 0.25) is 0 Å². The molecule has 50 heavy (non-hydrogen) atoms. The maximum absolute atomic E-state index is 15.0. The number of aromatic nitrogens is 2. The monoisotopic (exact) mass is 697 g/mol. The minimum absolute atomic E-state index is 0.0745. The van der Waals surface area contributed by atoms with E-state index in [1.165, 1.54) is 30.5 Å². The third kappa shape index (κ3) is 10.9. The van der Waals surface area contributed by atoms with Gasteiger partial charge in [-0.1, -0.05) is 68.4 Å². The van der Waals surface area contributed by atoms with Crippen molar-refractivity contribution in [2.75, 3.05) is 6.61 Å². The van der Waals surface area contributed by atoms with Gasteiger partial charge in [-0.2, -0.15) is 0 Å². The van der Waals surface area contributed by atoms with Crippen LogP contribution in [-0.4, -0.2) is 45.0 Å². The van der Waals surface area contributed by atoms with Crippen molar-refractivity contribution < 1.29 is 19.0 Å². The number of halogens is 2. The summed E-state index contributed by atoms with van der Waals surface area (Å²) in [5.41, 5.74) is 4.22. The Balaban J connectivity index is 1.33. The molecule has 5 atom stereocenters. The highest BCUT2D eigenvalue weighted by Crippen LogP contribution is 2.43. The SMILES string of the molecule is CC(C)[C@@H](NCc1nc(C2CCC(C(C)(C)C)CC2)ccc1F)C(O)CC(C)[C@H](CO)NCc1nc(C2=CCC(C(C)(C)C)CC2)ccc1F. The molecule has 2 aromatic rings. The summed E-state index contributed by atoms with van der Waals surface area (Å²) in [5, 5.41) is 28.4. The molecule has 280 valence electrons. The fraction of sp³-hybridized carbons (Fsp3) is 0.714. The molecule has 0 bridgehead atoms. The lowest BCUT2D eigenvalue weighted by Crippen LogP contribution is -2.47. The van der Waals surface area contributed by atoms with Gasteiger partial charge in [-0.15, -0.1) is 0 Å². The molecule has 0 radical (unpaired) electrons. The minimum Gasteiger partial charge on any atom is -0.395 e. The van der Waals surface area contributed by atoms with Gasteiger partial charge in [0.1, 0.15) is 11.6 Å². The zero-order chi connectivity index (χ0) is 36.8. The second-order valence-corrected chi connectivity index (χ2v) is 17.9. The largest absolute Gasteiger partial charge is 0.395 e. The van der Waals surface area contributed by atoms with E-state index in [9.17, 15) is 19.0 Å². The maximum atomic E-state index is 15.0. The Bertz CT molecular complexity index is 1410. The number of hydrogen-bond acceptors (Lipinski definition) is 6. The molecule has 4 N–H and O–H groups in total. The fourth-order valence-corrected chi connectivity index (χ4v) is 8.14.